The summed E-state index contributed by atoms with van der Waals surface area (Å²) in [6, 6.07) is 8.62. The molecule has 3 rings (SSSR count). The number of ether oxygens (including phenoxy) is 1. The standard InChI is InChI=1S/C15H19N3OS/c1-19-14-5-3-2-4-11(14)8-13-10-20-15(18-13)17-12-6-7-16-9-12/h2-5,10,12,16H,6-9H2,1H3,(H,17,18). The van der Waals surface area contributed by atoms with E-state index in [0.717, 1.165) is 36.1 Å². The number of aromatic nitrogens is 1. The van der Waals surface area contributed by atoms with Crippen molar-refractivity contribution in [3.8, 4) is 5.75 Å². The lowest BCUT2D eigenvalue weighted by Crippen LogP contribution is -2.21. The van der Waals surface area contributed by atoms with Gasteiger partial charge < -0.3 is 15.4 Å². The number of hydrogen-bond donors (Lipinski definition) is 2. The van der Waals surface area contributed by atoms with Gasteiger partial charge >= 0.3 is 0 Å². The van der Waals surface area contributed by atoms with Crippen molar-refractivity contribution in [2.75, 3.05) is 25.5 Å². The number of hydrogen-bond acceptors (Lipinski definition) is 5. The molecule has 20 heavy (non-hydrogen) atoms. The Morgan fingerprint density at radius 3 is 3.15 bits per heavy atom. The van der Waals surface area contributed by atoms with Crippen LogP contribution in [0.3, 0.4) is 0 Å². The summed E-state index contributed by atoms with van der Waals surface area (Å²) in [5, 5.41) is 9.98. The smallest absolute Gasteiger partial charge is 0.183 e. The van der Waals surface area contributed by atoms with Gasteiger partial charge in [0.2, 0.25) is 0 Å². The van der Waals surface area contributed by atoms with Crippen LogP contribution in [0.4, 0.5) is 5.13 Å². The van der Waals surface area contributed by atoms with E-state index in [0.29, 0.717) is 6.04 Å². The molecule has 0 aliphatic carbocycles. The third-order valence-corrected chi connectivity index (χ3v) is 4.33. The number of thiazole rings is 1. The maximum Gasteiger partial charge on any atom is 0.183 e. The van der Waals surface area contributed by atoms with Crippen molar-refractivity contribution in [2.24, 2.45) is 0 Å². The lowest BCUT2D eigenvalue weighted by atomic mass is 10.1. The van der Waals surface area contributed by atoms with Gasteiger partial charge in [-0.1, -0.05) is 18.2 Å². The van der Waals surface area contributed by atoms with Crippen LogP contribution >= 0.6 is 11.3 Å². The zero-order chi connectivity index (χ0) is 13.8. The molecule has 1 atom stereocenters. The third-order valence-electron chi connectivity index (χ3n) is 3.50. The first-order valence-corrected chi connectivity index (χ1v) is 7.76. The number of para-hydroxylation sites is 1. The van der Waals surface area contributed by atoms with E-state index in [9.17, 15) is 0 Å². The summed E-state index contributed by atoms with van der Waals surface area (Å²) < 4.78 is 5.38. The molecular weight excluding hydrogens is 270 g/mol. The molecule has 1 unspecified atom stereocenters. The van der Waals surface area contributed by atoms with Gasteiger partial charge in [-0.3, -0.25) is 0 Å². The van der Waals surface area contributed by atoms with Crippen molar-refractivity contribution in [3.63, 3.8) is 0 Å². The second kappa shape index (κ2) is 6.24. The fourth-order valence-corrected chi connectivity index (χ4v) is 3.24. The van der Waals surface area contributed by atoms with Crippen LogP contribution < -0.4 is 15.4 Å². The molecule has 1 aromatic carbocycles. The van der Waals surface area contributed by atoms with Gasteiger partial charge in [0, 0.05) is 30.0 Å². The van der Waals surface area contributed by atoms with Crippen LogP contribution in [-0.4, -0.2) is 31.2 Å². The van der Waals surface area contributed by atoms with E-state index in [4.69, 9.17) is 4.74 Å². The average Bonchev–Trinajstić information content (AvgIpc) is 3.12. The van der Waals surface area contributed by atoms with Crippen molar-refractivity contribution in [1.29, 1.82) is 0 Å². The second-order valence-electron chi connectivity index (χ2n) is 4.97. The second-order valence-corrected chi connectivity index (χ2v) is 5.82. The van der Waals surface area contributed by atoms with E-state index in [2.05, 4.69) is 27.1 Å². The van der Waals surface area contributed by atoms with Gasteiger partial charge in [0.25, 0.3) is 0 Å². The Hall–Kier alpha value is -1.59. The molecule has 0 spiro atoms. The predicted octanol–water partition coefficient (Wildman–Crippen LogP) is 2.52. The minimum absolute atomic E-state index is 0.514. The van der Waals surface area contributed by atoms with Crippen molar-refractivity contribution in [2.45, 2.75) is 18.9 Å². The van der Waals surface area contributed by atoms with Crippen LogP contribution in [0.5, 0.6) is 5.75 Å². The molecule has 0 radical (unpaired) electrons. The number of rotatable bonds is 5. The van der Waals surface area contributed by atoms with Crippen LogP contribution in [0.25, 0.3) is 0 Å². The van der Waals surface area contributed by atoms with Gasteiger partial charge in [0.05, 0.1) is 12.8 Å². The quantitative estimate of drug-likeness (QED) is 0.888. The van der Waals surface area contributed by atoms with Gasteiger partial charge in [0.15, 0.2) is 5.13 Å². The summed E-state index contributed by atoms with van der Waals surface area (Å²) in [4.78, 5) is 4.67. The van der Waals surface area contributed by atoms with E-state index in [1.54, 1.807) is 18.4 Å². The molecule has 4 nitrogen and oxygen atoms in total. The monoisotopic (exact) mass is 289 g/mol. The van der Waals surface area contributed by atoms with Crippen molar-refractivity contribution < 1.29 is 4.74 Å². The Balaban J connectivity index is 1.67. The predicted molar refractivity (Wildman–Crippen MR) is 82.8 cm³/mol. The van der Waals surface area contributed by atoms with Crippen LogP contribution in [0.2, 0.25) is 0 Å². The summed E-state index contributed by atoms with van der Waals surface area (Å²) in [5.41, 5.74) is 2.27. The average molecular weight is 289 g/mol. The van der Waals surface area contributed by atoms with Gasteiger partial charge in [0.1, 0.15) is 5.75 Å². The highest BCUT2D eigenvalue weighted by molar-refractivity contribution is 7.13. The summed E-state index contributed by atoms with van der Waals surface area (Å²) in [5.74, 6) is 0.926. The van der Waals surface area contributed by atoms with Crippen molar-refractivity contribution >= 4 is 16.5 Å². The SMILES string of the molecule is COc1ccccc1Cc1csc(NC2CCNC2)n1. The maximum absolute atomic E-state index is 5.38. The molecule has 1 saturated heterocycles. The molecule has 1 fully saturated rings. The van der Waals surface area contributed by atoms with Gasteiger partial charge in [-0.2, -0.15) is 0 Å². The summed E-state index contributed by atoms with van der Waals surface area (Å²) in [7, 11) is 1.71. The zero-order valence-corrected chi connectivity index (χ0v) is 12.4. The molecule has 0 amide bonds. The Kier molecular flexibility index (Phi) is 4.18. The lowest BCUT2D eigenvalue weighted by molar-refractivity contribution is 0.410. The Morgan fingerprint density at radius 2 is 2.35 bits per heavy atom. The molecule has 0 saturated carbocycles. The topological polar surface area (TPSA) is 46.2 Å². The molecule has 2 aromatic rings. The van der Waals surface area contributed by atoms with E-state index in [1.165, 1.54) is 12.0 Å². The van der Waals surface area contributed by atoms with Crippen LogP contribution in [0.15, 0.2) is 29.6 Å². The molecule has 5 heteroatoms. The first-order valence-electron chi connectivity index (χ1n) is 6.88. The third kappa shape index (κ3) is 3.11. The van der Waals surface area contributed by atoms with Crippen LogP contribution in [0.1, 0.15) is 17.7 Å². The summed E-state index contributed by atoms with van der Waals surface area (Å²) in [6.45, 7) is 2.12. The van der Waals surface area contributed by atoms with Gasteiger partial charge in [-0.05, 0) is 19.0 Å². The number of nitrogens with one attached hydrogen (secondary N) is 2. The Morgan fingerprint density at radius 1 is 1.45 bits per heavy atom. The zero-order valence-electron chi connectivity index (χ0n) is 11.6. The minimum atomic E-state index is 0.514. The minimum Gasteiger partial charge on any atom is -0.496 e. The number of anilines is 1. The fraction of sp³-hybridized carbons (Fsp3) is 0.400. The lowest BCUT2D eigenvalue weighted by Gasteiger charge is -2.09. The van der Waals surface area contributed by atoms with Crippen LogP contribution in [-0.2, 0) is 6.42 Å². The van der Waals surface area contributed by atoms with E-state index in [1.807, 2.05) is 18.2 Å². The molecule has 106 valence electrons. The molecule has 2 heterocycles. The first kappa shape index (κ1) is 13.4. The van der Waals surface area contributed by atoms with Crippen LogP contribution in [0, 0.1) is 0 Å². The largest absolute Gasteiger partial charge is 0.496 e. The molecule has 1 aliphatic heterocycles. The molecule has 2 N–H and O–H groups in total. The molecule has 1 aromatic heterocycles. The first-order chi connectivity index (χ1) is 9.85. The Bertz CT molecular complexity index is 564. The number of methoxy groups -OCH3 is 1. The summed E-state index contributed by atoms with van der Waals surface area (Å²) in [6.07, 6.45) is 1.98. The number of nitrogens with zero attached hydrogens (tertiary/aromatic N) is 1. The van der Waals surface area contributed by atoms with Crippen molar-refractivity contribution in [3.05, 3.63) is 40.9 Å². The maximum atomic E-state index is 5.38. The fourth-order valence-electron chi connectivity index (χ4n) is 2.45. The highest BCUT2D eigenvalue weighted by Gasteiger charge is 2.15. The molecule has 1 aliphatic rings. The number of benzene rings is 1. The normalized spacial score (nSPS) is 18.1. The molecular formula is C15H19N3OS. The highest BCUT2D eigenvalue weighted by atomic mass is 32.1. The van der Waals surface area contributed by atoms with Gasteiger partial charge in [-0.15, -0.1) is 11.3 Å². The van der Waals surface area contributed by atoms with Crippen molar-refractivity contribution in [1.82, 2.24) is 10.3 Å². The summed E-state index contributed by atoms with van der Waals surface area (Å²) >= 11 is 1.68. The highest BCUT2D eigenvalue weighted by Crippen LogP contribution is 2.24. The van der Waals surface area contributed by atoms with E-state index in [-0.39, 0.29) is 0 Å². The van der Waals surface area contributed by atoms with E-state index < -0.39 is 0 Å². The molecule has 0 bridgehead atoms. The van der Waals surface area contributed by atoms with Gasteiger partial charge in [-0.25, -0.2) is 4.98 Å². The van der Waals surface area contributed by atoms with E-state index >= 15 is 0 Å². The Labute approximate surface area is 123 Å².